The number of hydrogen-bond acceptors (Lipinski definition) is 3. The minimum Gasteiger partial charge on any atom is -0.479 e. The molecule has 0 aromatic heterocycles. The minimum absolute atomic E-state index is 0.0418. The molecule has 3 heteroatoms. The molecule has 0 atom stereocenters. The monoisotopic (exact) mass is 158 g/mol. The summed E-state index contributed by atoms with van der Waals surface area (Å²) in [6.07, 6.45) is 6.47. The van der Waals surface area contributed by atoms with Crippen molar-refractivity contribution in [2.24, 2.45) is 0 Å². The molecule has 12 heavy (non-hydrogen) atoms. The first-order valence-electron chi connectivity index (χ1n) is 3.05. The molecule has 0 radical (unpaired) electrons. The van der Waals surface area contributed by atoms with Gasteiger partial charge >= 0.3 is 0 Å². The second-order valence-electron chi connectivity index (χ2n) is 1.67. The third-order valence-electron chi connectivity index (χ3n) is 0.927. The quantitative estimate of drug-likeness (QED) is 0.267. The van der Waals surface area contributed by atoms with E-state index in [2.05, 4.69) is 12.5 Å². The second kappa shape index (κ2) is 5.59. The Balaban J connectivity index is 4.67. The number of allylic oxidation sites excluding steroid dienone is 2. The van der Waals surface area contributed by atoms with Crippen LogP contribution in [0, 0.1) is 35.0 Å². The summed E-state index contributed by atoms with van der Waals surface area (Å²) < 4.78 is 4.86. The van der Waals surface area contributed by atoms with Crippen LogP contribution in [0.2, 0.25) is 0 Å². The van der Waals surface area contributed by atoms with Crippen molar-refractivity contribution in [1.29, 1.82) is 10.5 Å². The van der Waals surface area contributed by atoms with Crippen LogP contribution in [0.5, 0.6) is 0 Å². The number of ether oxygens (including phenoxy) is 1. The summed E-state index contributed by atoms with van der Waals surface area (Å²) in [5.74, 6) is 2.06. The summed E-state index contributed by atoms with van der Waals surface area (Å²) in [4.78, 5) is 0. The summed E-state index contributed by atoms with van der Waals surface area (Å²) in [5.41, 5.74) is -0.195. The Morgan fingerprint density at radius 1 is 1.50 bits per heavy atom. The van der Waals surface area contributed by atoms with Crippen LogP contribution < -0.4 is 0 Å². The molecule has 0 aliphatic rings. The lowest BCUT2D eigenvalue weighted by Gasteiger charge is -1.99. The van der Waals surface area contributed by atoms with Crippen molar-refractivity contribution >= 4 is 0 Å². The maximum absolute atomic E-state index is 8.40. The number of terminal acetylenes is 1. The third-order valence-corrected chi connectivity index (χ3v) is 0.927. The summed E-state index contributed by atoms with van der Waals surface area (Å²) in [5, 5.41) is 16.8. The molecule has 0 N–H and O–H groups in total. The van der Waals surface area contributed by atoms with Gasteiger partial charge in [-0.05, 0) is 5.92 Å². The summed E-state index contributed by atoms with van der Waals surface area (Å²) in [6, 6.07) is 3.26. The number of nitriles is 2. The molecule has 0 heterocycles. The van der Waals surface area contributed by atoms with Crippen LogP contribution in [-0.2, 0) is 4.74 Å². The highest BCUT2D eigenvalue weighted by Gasteiger charge is 2.02. The van der Waals surface area contributed by atoms with Crippen LogP contribution in [0.15, 0.2) is 24.0 Å². The maximum Gasteiger partial charge on any atom is 0.198 e. The molecule has 0 rings (SSSR count). The van der Waals surface area contributed by atoms with Crippen molar-refractivity contribution in [3.8, 4) is 24.5 Å². The maximum atomic E-state index is 8.40. The van der Waals surface area contributed by atoms with E-state index in [-0.39, 0.29) is 17.9 Å². The molecule has 0 aliphatic heterocycles. The third kappa shape index (κ3) is 2.60. The van der Waals surface area contributed by atoms with Crippen LogP contribution in [0.3, 0.4) is 0 Å². The largest absolute Gasteiger partial charge is 0.479 e. The van der Waals surface area contributed by atoms with Gasteiger partial charge in [-0.15, -0.1) is 6.42 Å². The number of nitrogens with zero attached hydrogens (tertiary/aromatic N) is 2. The van der Waals surface area contributed by atoms with Crippen LogP contribution in [0.25, 0.3) is 0 Å². The Morgan fingerprint density at radius 3 is 2.42 bits per heavy atom. The zero-order chi connectivity index (χ0) is 9.40. The molecule has 0 aromatic rings. The summed E-state index contributed by atoms with van der Waals surface area (Å²) in [7, 11) is 0. The van der Waals surface area contributed by atoms with Crippen LogP contribution in [0.1, 0.15) is 0 Å². The van der Waals surface area contributed by atoms with Gasteiger partial charge in [0.05, 0.1) is 0 Å². The normalized spacial score (nSPS) is 6.75. The smallest absolute Gasteiger partial charge is 0.198 e. The van der Waals surface area contributed by atoms with Crippen molar-refractivity contribution in [3.05, 3.63) is 24.0 Å². The molecule has 0 saturated carbocycles. The Labute approximate surface area is 71.2 Å². The molecular formula is C9H6N2O. The standard InChI is InChI=1S/C9H6N2O/c1-3-5-12-9(4-2)8(6-10)7-11/h2-3H,1,5H2. The Kier molecular flexibility index (Phi) is 4.58. The first kappa shape index (κ1) is 9.82. The van der Waals surface area contributed by atoms with E-state index in [0.717, 1.165) is 0 Å². The van der Waals surface area contributed by atoms with E-state index < -0.39 is 0 Å². The highest BCUT2D eigenvalue weighted by atomic mass is 16.5. The Bertz CT molecular complexity index is 304. The highest BCUT2D eigenvalue weighted by molar-refractivity contribution is 5.44. The molecule has 3 nitrogen and oxygen atoms in total. The van der Waals surface area contributed by atoms with Gasteiger partial charge in [-0.2, -0.15) is 10.5 Å². The van der Waals surface area contributed by atoms with Crippen LogP contribution >= 0.6 is 0 Å². The van der Waals surface area contributed by atoms with Gasteiger partial charge in [-0.25, -0.2) is 0 Å². The van der Waals surface area contributed by atoms with Gasteiger partial charge in [-0.1, -0.05) is 12.7 Å². The predicted octanol–water partition coefficient (Wildman–Crippen LogP) is 1.12. The van der Waals surface area contributed by atoms with Crippen molar-refractivity contribution in [2.45, 2.75) is 0 Å². The molecule has 58 valence electrons. The Morgan fingerprint density at radius 2 is 2.08 bits per heavy atom. The fourth-order valence-corrected chi connectivity index (χ4v) is 0.455. The van der Waals surface area contributed by atoms with Gasteiger partial charge in [-0.3, -0.25) is 0 Å². The van der Waals surface area contributed by atoms with Gasteiger partial charge < -0.3 is 4.74 Å². The number of rotatable bonds is 3. The van der Waals surface area contributed by atoms with E-state index in [1.165, 1.54) is 6.08 Å². The van der Waals surface area contributed by atoms with Gasteiger partial charge in [0.1, 0.15) is 18.7 Å². The molecule has 0 fully saturated rings. The molecule has 0 bridgehead atoms. The first-order valence-corrected chi connectivity index (χ1v) is 3.05. The highest BCUT2D eigenvalue weighted by Crippen LogP contribution is 2.02. The lowest BCUT2D eigenvalue weighted by atomic mass is 10.3. The van der Waals surface area contributed by atoms with Gasteiger partial charge in [0.15, 0.2) is 11.3 Å². The minimum atomic E-state index is -0.195. The van der Waals surface area contributed by atoms with Crippen molar-refractivity contribution in [2.75, 3.05) is 6.61 Å². The molecule has 0 spiro atoms. The zero-order valence-corrected chi connectivity index (χ0v) is 6.37. The molecular weight excluding hydrogens is 152 g/mol. The van der Waals surface area contributed by atoms with Gasteiger partial charge in [0.25, 0.3) is 0 Å². The van der Waals surface area contributed by atoms with Crippen LogP contribution in [0.4, 0.5) is 0 Å². The fourth-order valence-electron chi connectivity index (χ4n) is 0.455. The van der Waals surface area contributed by atoms with Crippen molar-refractivity contribution in [1.82, 2.24) is 0 Å². The van der Waals surface area contributed by atoms with E-state index in [0.29, 0.717) is 0 Å². The van der Waals surface area contributed by atoms with Crippen LogP contribution in [-0.4, -0.2) is 6.61 Å². The Hall–Kier alpha value is -2.18. The SMILES string of the molecule is C#CC(OCC=C)=C(C#N)C#N. The van der Waals surface area contributed by atoms with E-state index in [9.17, 15) is 0 Å². The van der Waals surface area contributed by atoms with E-state index in [1.54, 1.807) is 12.1 Å². The lowest BCUT2D eigenvalue weighted by Crippen LogP contribution is -1.93. The fraction of sp³-hybridized carbons (Fsp3) is 0.111. The summed E-state index contributed by atoms with van der Waals surface area (Å²) >= 11 is 0. The zero-order valence-electron chi connectivity index (χ0n) is 6.37. The molecule has 0 aliphatic carbocycles. The van der Waals surface area contributed by atoms with Crippen molar-refractivity contribution < 1.29 is 4.74 Å². The molecule has 0 amide bonds. The molecule has 0 unspecified atom stereocenters. The molecule has 0 saturated heterocycles. The lowest BCUT2D eigenvalue weighted by molar-refractivity contribution is 0.264. The van der Waals surface area contributed by atoms with E-state index in [1.807, 2.05) is 0 Å². The topological polar surface area (TPSA) is 56.8 Å². The number of hydrogen-bond donors (Lipinski definition) is 0. The van der Waals surface area contributed by atoms with E-state index >= 15 is 0 Å². The van der Waals surface area contributed by atoms with Gasteiger partial charge in [0.2, 0.25) is 0 Å². The van der Waals surface area contributed by atoms with E-state index in [4.69, 9.17) is 21.7 Å². The molecule has 0 aromatic carbocycles. The second-order valence-corrected chi connectivity index (χ2v) is 1.67. The van der Waals surface area contributed by atoms with Crippen molar-refractivity contribution in [3.63, 3.8) is 0 Å². The average molecular weight is 158 g/mol. The predicted molar refractivity (Wildman–Crippen MR) is 43.2 cm³/mol. The average Bonchev–Trinajstić information content (AvgIpc) is 2.12. The first-order chi connectivity index (χ1) is 5.79. The van der Waals surface area contributed by atoms with Gasteiger partial charge in [0, 0.05) is 0 Å². The summed E-state index contributed by atoms with van der Waals surface area (Å²) in [6.45, 7) is 3.58.